The van der Waals surface area contributed by atoms with Gasteiger partial charge in [-0.3, -0.25) is 9.59 Å². The standard InChI is InChI=1S/C21H23ClN2O2/c1-19(2)13-20(3,11-14(12-23)17(19)25)24(4)18(26)21(8-9-21)15-6-5-7-16(22)10-15/h5-7,10-11H,8-9,13H2,1-4H3/t20-/m1/s1. The van der Waals surface area contributed by atoms with E-state index in [1.54, 1.807) is 24.1 Å². The number of benzene rings is 1. The lowest BCUT2D eigenvalue weighted by Gasteiger charge is -2.45. The van der Waals surface area contributed by atoms with Gasteiger partial charge < -0.3 is 4.90 Å². The smallest absolute Gasteiger partial charge is 0.233 e. The van der Waals surface area contributed by atoms with E-state index in [-0.39, 0.29) is 17.3 Å². The van der Waals surface area contributed by atoms with Crippen LogP contribution in [0.15, 0.2) is 35.9 Å². The molecule has 5 heteroatoms. The van der Waals surface area contributed by atoms with Gasteiger partial charge in [0.2, 0.25) is 5.91 Å². The van der Waals surface area contributed by atoms with Crippen molar-refractivity contribution in [1.82, 2.24) is 4.90 Å². The van der Waals surface area contributed by atoms with Crippen molar-refractivity contribution in [3.63, 3.8) is 0 Å². The van der Waals surface area contributed by atoms with Gasteiger partial charge in [0.1, 0.15) is 6.07 Å². The second-order valence-corrected chi connectivity index (χ2v) is 8.81. The molecule has 2 aliphatic rings. The van der Waals surface area contributed by atoms with E-state index in [4.69, 9.17) is 11.6 Å². The molecule has 1 fully saturated rings. The van der Waals surface area contributed by atoms with Crippen molar-refractivity contribution in [2.45, 2.75) is 51.0 Å². The van der Waals surface area contributed by atoms with Gasteiger partial charge in [-0.25, -0.2) is 0 Å². The van der Waals surface area contributed by atoms with Gasteiger partial charge >= 0.3 is 0 Å². The van der Waals surface area contributed by atoms with Crippen LogP contribution in [-0.2, 0) is 15.0 Å². The predicted octanol–water partition coefficient (Wildman–Crippen LogP) is 4.04. The summed E-state index contributed by atoms with van der Waals surface area (Å²) in [5, 5.41) is 9.99. The predicted molar refractivity (Wildman–Crippen MR) is 101 cm³/mol. The van der Waals surface area contributed by atoms with Crippen LogP contribution in [0.25, 0.3) is 0 Å². The maximum atomic E-state index is 13.4. The van der Waals surface area contributed by atoms with Gasteiger partial charge in [0, 0.05) is 17.5 Å². The van der Waals surface area contributed by atoms with E-state index >= 15 is 0 Å². The molecular formula is C21H23ClN2O2. The second-order valence-electron chi connectivity index (χ2n) is 8.37. The lowest BCUT2D eigenvalue weighted by atomic mass is 9.68. The molecule has 0 spiro atoms. The van der Waals surface area contributed by atoms with Crippen LogP contribution in [0.4, 0.5) is 0 Å². The summed E-state index contributed by atoms with van der Waals surface area (Å²) in [6.07, 6.45) is 3.71. The zero-order chi connectivity index (χ0) is 19.3. The molecule has 0 N–H and O–H groups in total. The zero-order valence-corrected chi connectivity index (χ0v) is 16.4. The first-order valence-corrected chi connectivity index (χ1v) is 9.16. The van der Waals surface area contributed by atoms with Crippen molar-refractivity contribution in [3.05, 3.63) is 46.5 Å². The molecule has 0 radical (unpaired) electrons. The molecule has 1 saturated carbocycles. The number of hydrogen-bond donors (Lipinski definition) is 0. The number of hydrogen-bond acceptors (Lipinski definition) is 3. The Morgan fingerprint density at radius 3 is 2.46 bits per heavy atom. The maximum Gasteiger partial charge on any atom is 0.233 e. The molecule has 1 aromatic rings. The van der Waals surface area contributed by atoms with Gasteiger partial charge in [0.05, 0.1) is 16.5 Å². The van der Waals surface area contributed by atoms with Crippen LogP contribution in [0.5, 0.6) is 0 Å². The highest BCUT2D eigenvalue weighted by Gasteiger charge is 2.56. The summed E-state index contributed by atoms with van der Waals surface area (Å²) < 4.78 is 0. The number of amides is 1. The molecule has 4 nitrogen and oxygen atoms in total. The van der Waals surface area contributed by atoms with E-state index in [2.05, 4.69) is 0 Å². The first kappa shape index (κ1) is 18.7. The molecule has 136 valence electrons. The molecule has 1 atom stereocenters. The van der Waals surface area contributed by atoms with Crippen LogP contribution in [0.1, 0.15) is 45.6 Å². The minimum Gasteiger partial charge on any atom is -0.336 e. The number of allylic oxidation sites excluding steroid dienone is 1. The quantitative estimate of drug-likeness (QED) is 0.806. The van der Waals surface area contributed by atoms with Crippen LogP contribution in [-0.4, -0.2) is 29.2 Å². The number of carbonyl (C=O) groups is 2. The highest BCUT2D eigenvalue weighted by Crippen LogP contribution is 2.51. The van der Waals surface area contributed by atoms with Gasteiger partial charge in [-0.15, -0.1) is 0 Å². The fraction of sp³-hybridized carbons (Fsp3) is 0.476. The van der Waals surface area contributed by atoms with Crippen molar-refractivity contribution >= 4 is 23.3 Å². The Morgan fingerprint density at radius 2 is 1.92 bits per heavy atom. The number of rotatable bonds is 3. The lowest BCUT2D eigenvalue weighted by Crippen LogP contribution is -2.55. The number of halogens is 1. The molecule has 0 unspecified atom stereocenters. The van der Waals surface area contributed by atoms with Crippen LogP contribution < -0.4 is 0 Å². The SMILES string of the molecule is CN(C(=O)C1(c2cccc(Cl)c2)CC1)[C@]1(C)C=C(C#N)C(=O)C(C)(C)C1. The van der Waals surface area contributed by atoms with Crippen molar-refractivity contribution < 1.29 is 9.59 Å². The number of Topliss-reactive ketones (excluding diaryl/α,β-unsaturated/α-hetero) is 1. The molecule has 1 aromatic carbocycles. The van der Waals surface area contributed by atoms with Gasteiger partial charge in [0.25, 0.3) is 0 Å². The highest BCUT2D eigenvalue weighted by molar-refractivity contribution is 6.30. The van der Waals surface area contributed by atoms with E-state index in [9.17, 15) is 14.9 Å². The third-order valence-electron chi connectivity index (χ3n) is 5.84. The number of likely N-dealkylation sites (N-methyl/N-ethyl adjacent to an activating group) is 1. The minimum absolute atomic E-state index is 0.0148. The van der Waals surface area contributed by atoms with E-state index in [0.717, 1.165) is 18.4 Å². The number of nitriles is 1. The summed E-state index contributed by atoms with van der Waals surface area (Å²) in [6, 6.07) is 9.47. The molecule has 3 rings (SSSR count). The van der Waals surface area contributed by atoms with Crippen molar-refractivity contribution in [1.29, 1.82) is 5.26 Å². The first-order valence-electron chi connectivity index (χ1n) is 8.78. The summed E-state index contributed by atoms with van der Waals surface area (Å²) in [4.78, 5) is 27.5. The average Bonchev–Trinajstić information content (AvgIpc) is 3.38. The Bertz CT molecular complexity index is 861. The van der Waals surface area contributed by atoms with Gasteiger partial charge in [-0.05, 0) is 50.0 Å². The lowest BCUT2D eigenvalue weighted by molar-refractivity contribution is -0.139. The first-order chi connectivity index (χ1) is 12.1. The normalized spacial score (nSPS) is 25.8. The summed E-state index contributed by atoms with van der Waals surface area (Å²) >= 11 is 6.12. The van der Waals surface area contributed by atoms with Gasteiger partial charge in [0.15, 0.2) is 5.78 Å². The van der Waals surface area contributed by atoms with Crippen LogP contribution in [0.2, 0.25) is 5.02 Å². The largest absolute Gasteiger partial charge is 0.336 e. The Hall–Kier alpha value is -2.12. The van der Waals surface area contributed by atoms with E-state index < -0.39 is 16.4 Å². The fourth-order valence-electron chi connectivity index (χ4n) is 4.16. The molecule has 2 aliphatic carbocycles. The third-order valence-corrected chi connectivity index (χ3v) is 6.08. The zero-order valence-electron chi connectivity index (χ0n) is 15.6. The molecule has 1 amide bonds. The van der Waals surface area contributed by atoms with Crippen LogP contribution >= 0.6 is 11.6 Å². The molecule has 0 aliphatic heterocycles. The summed E-state index contributed by atoms with van der Waals surface area (Å²) in [5.74, 6) is -0.143. The number of ketones is 1. The maximum absolute atomic E-state index is 13.4. The van der Waals surface area contributed by atoms with E-state index in [0.29, 0.717) is 11.4 Å². The Morgan fingerprint density at radius 1 is 1.27 bits per heavy atom. The molecule has 26 heavy (non-hydrogen) atoms. The Kier molecular flexibility index (Phi) is 4.28. The number of nitrogens with zero attached hydrogens (tertiary/aromatic N) is 2. The molecular weight excluding hydrogens is 348 g/mol. The van der Waals surface area contributed by atoms with E-state index in [1.807, 2.05) is 45.0 Å². The van der Waals surface area contributed by atoms with Gasteiger partial charge in [-0.1, -0.05) is 37.6 Å². The van der Waals surface area contributed by atoms with Crippen molar-refractivity contribution in [2.75, 3.05) is 7.05 Å². The topological polar surface area (TPSA) is 61.2 Å². The van der Waals surface area contributed by atoms with Crippen LogP contribution in [0, 0.1) is 16.7 Å². The summed E-state index contributed by atoms with van der Waals surface area (Å²) in [7, 11) is 1.77. The number of carbonyl (C=O) groups excluding carboxylic acids is 2. The fourth-order valence-corrected chi connectivity index (χ4v) is 4.35. The monoisotopic (exact) mass is 370 g/mol. The summed E-state index contributed by atoms with van der Waals surface area (Å²) in [6.45, 7) is 5.59. The summed E-state index contributed by atoms with van der Waals surface area (Å²) in [5.41, 5.74) is -0.851. The average molecular weight is 371 g/mol. The van der Waals surface area contributed by atoms with Gasteiger partial charge in [-0.2, -0.15) is 5.26 Å². The minimum atomic E-state index is -0.687. The highest BCUT2D eigenvalue weighted by atomic mass is 35.5. The molecule has 0 bridgehead atoms. The second kappa shape index (κ2) is 5.96. The van der Waals surface area contributed by atoms with Crippen molar-refractivity contribution in [2.24, 2.45) is 5.41 Å². The van der Waals surface area contributed by atoms with Crippen molar-refractivity contribution in [3.8, 4) is 6.07 Å². The molecule has 0 saturated heterocycles. The third kappa shape index (κ3) is 2.85. The van der Waals surface area contributed by atoms with E-state index in [1.165, 1.54) is 0 Å². The Labute approximate surface area is 159 Å². The van der Waals surface area contributed by atoms with Crippen LogP contribution in [0.3, 0.4) is 0 Å². The molecule has 0 aromatic heterocycles. The molecule has 0 heterocycles. The Balaban J connectivity index is 1.97.